The van der Waals surface area contributed by atoms with E-state index in [1.54, 1.807) is 6.20 Å². The summed E-state index contributed by atoms with van der Waals surface area (Å²) in [6.45, 7) is 0.519. The summed E-state index contributed by atoms with van der Waals surface area (Å²) in [4.78, 5) is 16.1. The highest BCUT2D eigenvalue weighted by Crippen LogP contribution is 2.23. The van der Waals surface area contributed by atoms with E-state index in [9.17, 15) is 4.79 Å². The van der Waals surface area contributed by atoms with Crippen LogP contribution in [0.15, 0.2) is 72.2 Å². The predicted molar refractivity (Wildman–Crippen MR) is 93.9 cm³/mol. The van der Waals surface area contributed by atoms with Crippen LogP contribution in [0.5, 0.6) is 0 Å². The number of rotatable bonds is 5. The molecular weight excluding hydrogens is 306 g/mol. The molecule has 2 N–H and O–H groups in total. The fourth-order valence-corrected chi connectivity index (χ4v) is 2.94. The molecule has 0 spiro atoms. The lowest BCUT2D eigenvalue weighted by Crippen LogP contribution is -2.32. The minimum Gasteiger partial charge on any atom is -0.337 e. The van der Waals surface area contributed by atoms with E-state index in [1.807, 2.05) is 41.8 Å². The second-order valence-corrected chi connectivity index (χ2v) is 5.94. The van der Waals surface area contributed by atoms with Crippen molar-refractivity contribution in [1.29, 1.82) is 0 Å². The Bertz CT molecular complexity index is 690. The van der Waals surface area contributed by atoms with Crippen molar-refractivity contribution in [2.24, 2.45) is 0 Å². The number of benzene rings is 2. The molecule has 0 unspecified atom stereocenters. The van der Waals surface area contributed by atoms with E-state index in [4.69, 9.17) is 0 Å². The molecule has 0 aliphatic heterocycles. The molecule has 0 atom stereocenters. The zero-order valence-electron chi connectivity index (χ0n) is 12.5. The van der Waals surface area contributed by atoms with Crippen LogP contribution in [-0.4, -0.2) is 17.6 Å². The average molecular weight is 323 g/mol. The number of nitrogens with zero attached hydrogens (tertiary/aromatic N) is 1. The van der Waals surface area contributed by atoms with Crippen molar-refractivity contribution < 1.29 is 4.79 Å². The largest absolute Gasteiger partial charge is 0.337 e. The summed E-state index contributed by atoms with van der Waals surface area (Å²) in [5.74, 6) is 0.111. The van der Waals surface area contributed by atoms with Crippen molar-refractivity contribution >= 4 is 22.5 Å². The molecule has 0 aliphatic rings. The third-order valence-corrected chi connectivity index (χ3v) is 4.21. The molecule has 0 bridgehead atoms. The normalized spacial score (nSPS) is 10.5. The number of amides is 2. The van der Waals surface area contributed by atoms with E-state index >= 15 is 0 Å². The van der Waals surface area contributed by atoms with Crippen molar-refractivity contribution in [3.63, 3.8) is 0 Å². The number of anilines is 1. The molecule has 1 aromatic heterocycles. The average Bonchev–Trinajstić information content (AvgIpc) is 3.10. The molecule has 3 rings (SSSR count). The molecule has 2 amide bonds. The highest BCUT2D eigenvalue weighted by atomic mass is 32.1. The summed E-state index contributed by atoms with van der Waals surface area (Å²) >= 11 is 1.40. The van der Waals surface area contributed by atoms with Crippen LogP contribution < -0.4 is 10.6 Å². The van der Waals surface area contributed by atoms with Gasteiger partial charge in [-0.2, -0.15) is 0 Å². The Morgan fingerprint density at radius 2 is 1.61 bits per heavy atom. The molecule has 0 aliphatic carbocycles. The SMILES string of the molecule is O=C(NCC(c1ccccc1)c1ccccc1)Nc1nccs1. The molecule has 2 aromatic carbocycles. The van der Waals surface area contributed by atoms with Crippen LogP contribution in [0.2, 0.25) is 0 Å². The maximum atomic E-state index is 12.0. The summed E-state index contributed by atoms with van der Waals surface area (Å²) in [6, 6.07) is 20.1. The van der Waals surface area contributed by atoms with E-state index in [-0.39, 0.29) is 11.9 Å². The van der Waals surface area contributed by atoms with Gasteiger partial charge in [0.1, 0.15) is 0 Å². The van der Waals surface area contributed by atoms with Gasteiger partial charge in [0.2, 0.25) is 0 Å². The maximum Gasteiger partial charge on any atom is 0.321 e. The summed E-state index contributed by atoms with van der Waals surface area (Å²) in [7, 11) is 0. The van der Waals surface area contributed by atoms with Crippen molar-refractivity contribution in [1.82, 2.24) is 10.3 Å². The molecule has 4 nitrogen and oxygen atoms in total. The Morgan fingerprint density at radius 1 is 1.00 bits per heavy atom. The van der Waals surface area contributed by atoms with Crippen LogP contribution in [0.25, 0.3) is 0 Å². The Balaban J connectivity index is 1.71. The van der Waals surface area contributed by atoms with Gasteiger partial charge in [-0.05, 0) is 11.1 Å². The molecule has 116 valence electrons. The van der Waals surface area contributed by atoms with Crippen LogP contribution in [0.3, 0.4) is 0 Å². The van der Waals surface area contributed by atoms with Gasteiger partial charge in [-0.25, -0.2) is 9.78 Å². The molecule has 0 fully saturated rings. The predicted octanol–water partition coefficient (Wildman–Crippen LogP) is 4.10. The van der Waals surface area contributed by atoms with Crippen molar-refractivity contribution in [2.75, 3.05) is 11.9 Å². The van der Waals surface area contributed by atoms with E-state index in [0.29, 0.717) is 11.7 Å². The Morgan fingerprint density at radius 3 is 2.13 bits per heavy atom. The van der Waals surface area contributed by atoms with Gasteiger partial charge >= 0.3 is 6.03 Å². The minimum absolute atomic E-state index is 0.111. The first-order chi connectivity index (χ1) is 11.3. The van der Waals surface area contributed by atoms with Crippen LogP contribution in [-0.2, 0) is 0 Å². The zero-order valence-corrected chi connectivity index (χ0v) is 13.3. The number of carbonyl (C=O) groups excluding carboxylic acids is 1. The van der Waals surface area contributed by atoms with Gasteiger partial charge in [-0.1, -0.05) is 60.7 Å². The molecule has 23 heavy (non-hydrogen) atoms. The number of carbonyl (C=O) groups is 1. The van der Waals surface area contributed by atoms with E-state index in [2.05, 4.69) is 39.9 Å². The monoisotopic (exact) mass is 323 g/mol. The van der Waals surface area contributed by atoms with Gasteiger partial charge < -0.3 is 5.32 Å². The third-order valence-electron chi connectivity index (χ3n) is 3.52. The lowest BCUT2D eigenvalue weighted by atomic mass is 9.91. The Labute approximate surface area is 139 Å². The number of urea groups is 1. The van der Waals surface area contributed by atoms with Crippen LogP contribution in [0.4, 0.5) is 9.93 Å². The second-order valence-electron chi connectivity index (χ2n) is 5.05. The molecule has 0 saturated carbocycles. The van der Waals surface area contributed by atoms with Crippen LogP contribution >= 0.6 is 11.3 Å². The molecule has 0 radical (unpaired) electrons. The fourth-order valence-electron chi connectivity index (χ4n) is 2.42. The summed E-state index contributed by atoms with van der Waals surface area (Å²) in [5, 5.41) is 8.09. The maximum absolute atomic E-state index is 12.0. The number of thiazole rings is 1. The molecule has 5 heteroatoms. The van der Waals surface area contributed by atoms with Gasteiger partial charge in [0.05, 0.1) is 0 Å². The Hall–Kier alpha value is -2.66. The smallest absolute Gasteiger partial charge is 0.321 e. The first-order valence-corrected chi connectivity index (χ1v) is 8.25. The number of aromatic nitrogens is 1. The van der Waals surface area contributed by atoms with Gasteiger partial charge in [-0.15, -0.1) is 11.3 Å². The van der Waals surface area contributed by atoms with Gasteiger partial charge in [0.15, 0.2) is 5.13 Å². The van der Waals surface area contributed by atoms with Gasteiger partial charge in [0, 0.05) is 24.0 Å². The van der Waals surface area contributed by atoms with Crippen molar-refractivity contribution in [3.05, 3.63) is 83.4 Å². The lowest BCUT2D eigenvalue weighted by molar-refractivity contribution is 0.252. The third kappa shape index (κ3) is 4.17. The fraction of sp³-hybridized carbons (Fsp3) is 0.111. The lowest BCUT2D eigenvalue weighted by Gasteiger charge is -2.18. The number of nitrogens with one attached hydrogen (secondary N) is 2. The van der Waals surface area contributed by atoms with Crippen molar-refractivity contribution in [3.8, 4) is 0 Å². The first-order valence-electron chi connectivity index (χ1n) is 7.37. The summed E-state index contributed by atoms with van der Waals surface area (Å²) in [5.41, 5.74) is 2.35. The van der Waals surface area contributed by atoms with Gasteiger partial charge in [0.25, 0.3) is 0 Å². The van der Waals surface area contributed by atoms with Crippen molar-refractivity contribution in [2.45, 2.75) is 5.92 Å². The molecule has 3 aromatic rings. The molecule has 0 saturated heterocycles. The molecular formula is C18H17N3OS. The van der Waals surface area contributed by atoms with E-state index in [1.165, 1.54) is 22.5 Å². The minimum atomic E-state index is -0.239. The van der Waals surface area contributed by atoms with Crippen LogP contribution in [0, 0.1) is 0 Å². The summed E-state index contributed by atoms with van der Waals surface area (Å²) < 4.78 is 0. The Kier molecular flexibility index (Phi) is 5.01. The molecule has 1 heterocycles. The highest BCUT2D eigenvalue weighted by molar-refractivity contribution is 7.13. The number of hydrogen-bond donors (Lipinski definition) is 2. The quantitative estimate of drug-likeness (QED) is 0.743. The van der Waals surface area contributed by atoms with E-state index < -0.39 is 0 Å². The topological polar surface area (TPSA) is 54.0 Å². The highest BCUT2D eigenvalue weighted by Gasteiger charge is 2.15. The van der Waals surface area contributed by atoms with Crippen LogP contribution in [0.1, 0.15) is 17.0 Å². The summed E-state index contributed by atoms with van der Waals surface area (Å²) in [6.07, 6.45) is 1.66. The second kappa shape index (κ2) is 7.56. The van der Waals surface area contributed by atoms with E-state index in [0.717, 1.165) is 0 Å². The standard InChI is InChI=1S/C18H17N3OS/c22-17(21-18-19-11-12-23-18)20-13-16(14-7-3-1-4-8-14)15-9-5-2-6-10-15/h1-12,16H,13H2,(H2,19,20,21,22). The number of hydrogen-bond acceptors (Lipinski definition) is 3. The van der Waals surface area contributed by atoms with Gasteiger partial charge in [-0.3, -0.25) is 5.32 Å². The zero-order chi connectivity index (χ0) is 15.9. The first kappa shape index (κ1) is 15.2.